The quantitative estimate of drug-likeness (QED) is 0.117. The average Bonchev–Trinajstić information content (AvgIpc) is 2.28. The molecule has 0 N–H and O–H groups in total. The smallest absolute Gasteiger partial charge is 0.652 e. The van der Waals surface area contributed by atoms with Gasteiger partial charge in [0, 0.05) is 15.5 Å². The molecule has 0 aromatic heterocycles. The Morgan fingerprint density at radius 2 is 1.67 bits per heavy atom. The number of nitro benzene ring substituents is 1. The summed E-state index contributed by atoms with van der Waals surface area (Å²) in [5, 5.41) is 27.1. The first-order valence-corrected chi connectivity index (χ1v) is 5.59. The molecule has 14 heteroatoms. The summed E-state index contributed by atoms with van der Waals surface area (Å²) in [7, 11) is -4.32. The molecule has 1 aromatic carbocycles. The Bertz CT molecular complexity index is 640. The summed E-state index contributed by atoms with van der Waals surface area (Å²) in [6.07, 6.45) is -2.33. The van der Waals surface area contributed by atoms with E-state index in [9.17, 15) is 18.5 Å². The molecule has 0 aliphatic heterocycles. The van der Waals surface area contributed by atoms with Gasteiger partial charge < -0.3 is 15.0 Å². The minimum Gasteiger partial charge on any atom is -0.652 e. The number of carbonyl (C=O) groups is 1. The van der Waals surface area contributed by atoms with Crippen molar-refractivity contribution in [1.82, 2.24) is 0 Å². The zero-order chi connectivity index (χ0) is 15.1. The average molecular weight is 554 g/mol. The zero-order valence-electron chi connectivity index (χ0n) is 10.9. The molecule has 0 radical (unpaired) electrons. The van der Waals surface area contributed by atoms with Gasteiger partial charge in [-0.2, -0.15) is 0 Å². The third kappa shape index (κ3) is 11.4. The van der Waals surface area contributed by atoms with E-state index in [4.69, 9.17) is 20.5 Å². The van der Waals surface area contributed by atoms with Gasteiger partial charge in [-0.05, 0) is 17.8 Å². The van der Waals surface area contributed by atoms with Crippen molar-refractivity contribution in [3.05, 3.63) is 44.8 Å². The third-order valence-corrected chi connectivity index (χ3v) is 2.67. The summed E-state index contributed by atoms with van der Waals surface area (Å²) in [5.41, 5.74) is 7.38. The van der Waals surface area contributed by atoms with Crippen molar-refractivity contribution in [2.75, 3.05) is 0 Å². The van der Waals surface area contributed by atoms with Gasteiger partial charge in [0.05, 0.1) is 4.92 Å². The molecular weight excluding hydrogens is 550 g/mol. The van der Waals surface area contributed by atoms with Crippen LogP contribution in [0.3, 0.4) is 0 Å². The first kappa shape index (κ1) is 27.1. The molecule has 1 rings (SSSR count). The molecule has 0 unspecified atom stereocenters. The van der Waals surface area contributed by atoms with Crippen LogP contribution in [0.4, 0.5) is 10.5 Å². The maximum atomic E-state index is 11.2. The summed E-state index contributed by atoms with van der Waals surface area (Å²) in [5.74, 6) is 0. The molecule has 0 spiro atoms. The second kappa shape index (κ2) is 13.7. The second-order valence-electron chi connectivity index (χ2n) is 2.62. The Balaban J connectivity index is -0.000000482. The van der Waals surface area contributed by atoms with Crippen molar-refractivity contribution in [3.8, 4) is 0 Å². The number of carboxylic acid groups (broad SMARTS) is 2. The van der Waals surface area contributed by atoms with Crippen LogP contribution >= 0.6 is 0 Å². The van der Waals surface area contributed by atoms with Gasteiger partial charge in [0.15, 0.2) is 4.90 Å². The van der Waals surface area contributed by atoms with Crippen molar-refractivity contribution in [2.45, 2.75) is 4.90 Å². The normalized spacial score (nSPS) is 8.57. The van der Waals surface area contributed by atoms with Gasteiger partial charge in [-0.15, -0.1) is 0 Å². The number of nitrogens with zero attached hydrogens (tertiary/aromatic N) is 4. The molecule has 0 heterocycles. The fourth-order valence-corrected chi connectivity index (χ4v) is 1.76. The van der Waals surface area contributed by atoms with Crippen molar-refractivity contribution in [2.24, 2.45) is 4.52 Å². The third-order valence-electron chi connectivity index (χ3n) is 1.48. The largest absolute Gasteiger partial charge is 1.00 e. The fraction of sp³-hybridized carbons (Fsp3) is 0. The Hall–Kier alpha value is 1.25. The summed E-state index contributed by atoms with van der Waals surface area (Å²) >= 11 is 0. The van der Waals surface area contributed by atoms with Gasteiger partial charge in [0.25, 0.3) is 15.7 Å². The van der Waals surface area contributed by atoms with Crippen molar-refractivity contribution in [1.29, 1.82) is 0 Å². The van der Waals surface area contributed by atoms with Gasteiger partial charge in [-0.3, -0.25) is 10.1 Å². The molecule has 11 nitrogen and oxygen atoms in total. The van der Waals surface area contributed by atoms with Crippen molar-refractivity contribution < 1.29 is 166 Å². The van der Waals surface area contributed by atoms with Gasteiger partial charge in [-0.25, -0.2) is 8.42 Å². The number of carbonyl (C=O) groups excluding carboxylic acids is 1. The van der Waals surface area contributed by atoms with Gasteiger partial charge >= 0.3 is 138 Å². The SMILES string of the molecule is O=C([O-])[O-].[Cs+].[Cs+].[N-]=[N+]=NS(=O)(=O)c1ccccc1[N+](=O)[O-]. The summed E-state index contributed by atoms with van der Waals surface area (Å²) in [6.45, 7) is 0. The van der Waals surface area contributed by atoms with E-state index in [-0.39, 0.29) is 138 Å². The number of sulfonamides is 1. The van der Waals surface area contributed by atoms with E-state index in [1.165, 1.54) is 12.1 Å². The summed E-state index contributed by atoms with van der Waals surface area (Å²) in [4.78, 5) is 19.4. The number of hydrogen-bond acceptors (Lipinski definition) is 7. The molecule has 1 aromatic rings. The molecule has 0 saturated carbocycles. The predicted octanol–water partition coefficient (Wildman–Crippen LogP) is -6.85. The fourth-order valence-electron chi connectivity index (χ4n) is 0.918. The topological polar surface area (TPSA) is 189 Å². The van der Waals surface area contributed by atoms with Crippen LogP contribution < -0.4 is 148 Å². The second-order valence-corrected chi connectivity index (χ2v) is 4.17. The molecule has 0 amide bonds. The number of hydrogen-bond donors (Lipinski definition) is 0. The van der Waals surface area contributed by atoms with Crippen LogP contribution in [0, 0.1) is 10.1 Å². The maximum Gasteiger partial charge on any atom is 1.00 e. The van der Waals surface area contributed by atoms with Gasteiger partial charge in [0.1, 0.15) is 0 Å². The van der Waals surface area contributed by atoms with Crippen molar-refractivity contribution >= 4 is 21.9 Å². The maximum absolute atomic E-state index is 11.2. The van der Waals surface area contributed by atoms with Crippen molar-refractivity contribution in [3.63, 3.8) is 0 Å². The summed E-state index contributed by atoms with van der Waals surface area (Å²) in [6, 6.07) is 4.63. The molecule has 0 aliphatic carbocycles. The van der Waals surface area contributed by atoms with E-state index >= 15 is 0 Å². The van der Waals surface area contributed by atoms with Crippen LogP contribution in [0.1, 0.15) is 0 Å². The number of rotatable bonds is 3. The van der Waals surface area contributed by atoms with E-state index in [1.807, 2.05) is 0 Å². The van der Waals surface area contributed by atoms with E-state index in [0.29, 0.717) is 0 Å². The van der Waals surface area contributed by atoms with Crippen LogP contribution in [-0.2, 0) is 10.0 Å². The van der Waals surface area contributed by atoms with E-state index in [2.05, 4.69) is 9.43 Å². The zero-order valence-corrected chi connectivity index (χ0v) is 24.2. The Labute approximate surface area is 236 Å². The standard InChI is InChI=1S/C6H4N4O4S.CH2O3.2Cs/c7-8-9-15(13,14)6-4-2-1-3-5(6)10(11)12;2-1(3)4;;/h1-4H;(H2,2,3,4);;/q;;2*+1/p-2. The molecule has 21 heavy (non-hydrogen) atoms. The number of nitro groups is 1. The molecule has 0 atom stereocenters. The summed E-state index contributed by atoms with van der Waals surface area (Å²) < 4.78 is 25.0. The molecule has 0 saturated heterocycles. The van der Waals surface area contributed by atoms with Gasteiger partial charge in [-0.1, -0.05) is 12.1 Å². The Kier molecular flexibility index (Phi) is 17.7. The van der Waals surface area contributed by atoms with Crippen LogP contribution in [0.15, 0.2) is 33.7 Å². The van der Waals surface area contributed by atoms with Gasteiger partial charge in [0.2, 0.25) is 0 Å². The van der Waals surface area contributed by atoms with Crippen LogP contribution in [0.2, 0.25) is 0 Å². The van der Waals surface area contributed by atoms with E-state index in [1.54, 1.807) is 0 Å². The molecule has 0 aliphatic rings. The van der Waals surface area contributed by atoms with E-state index < -0.39 is 31.7 Å². The number of para-hydroxylation sites is 1. The van der Waals surface area contributed by atoms with Crippen LogP contribution in [0.5, 0.6) is 0 Å². The Morgan fingerprint density at radius 1 is 1.24 bits per heavy atom. The minimum absolute atomic E-state index is 0. The first-order chi connectivity index (χ1) is 8.72. The number of benzene rings is 1. The monoisotopic (exact) mass is 554 g/mol. The Morgan fingerprint density at radius 3 is 2.05 bits per heavy atom. The minimum atomic E-state index is -4.32. The molecular formula is C7H4Cs2N4O7S. The molecule has 0 bridgehead atoms. The predicted molar refractivity (Wildman–Crippen MR) is 54.8 cm³/mol. The van der Waals surface area contributed by atoms with E-state index in [0.717, 1.165) is 12.1 Å². The molecule has 0 fully saturated rings. The number of azide groups is 1. The van der Waals surface area contributed by atoms with Crippen LogP contribution in [-0.4, -0.2) is 19.5 Å². The van der Waals surface area contributed by atoms with Crippen LogP contribution in [0.25, 0.3) is 10.4 Å². The first-order valence-electron chi connectivity index (χ1n) is 4.15. The molecule has 102 valence electrons.